The number of aromatic nitrogens is 1. The predicted octanol–water partition coefficient (Wildman–Crippen LogP) is 18.5. The van der Waals surface area contributed by atoms with E-state index in [0.717, 1.165) is 56.9 Å². The molecule has 10 aromatic carbocycles. The van der Waals surface area contributed by atoms with Crippen LogP contribution in [0.15, 0.2) is 206 Å². The maximum absolute atomic E-state index is 2.62. The molecule has 13 rings (SSSR count). The zero-order chi connectivity index (χ0) is 55.5. The number of nitrogens with zero attached hydrogens (tertiary/aromatic N) is 5. The first-order chi connectivity index (χ1) is 38.4. The summed E-state index contributed by atoms with van der Waals surface area (Å²) in [6.45, 7) is 24.6. The molecule has 1 aromatic heterocycles. The Hall–Kier alpha value is -8.74. The van der Waals surface area contributed by atoms with Gasteiger partial charge in [0.05, 0.1) is 22.6 Å². The summed E-state index contributed by atoms with van der Waals surface area (Å²) in [5, 5.41) is 2.42. The first kappa shape index (κ1) is 50.7. The molecule has 2 aliphatic rings. The summed E-state index contributed by atoms with van der Waals surface area (Å²) in [5.41, 5.74) is 28.4. The van der Waals surface area contributed by atoms with Crippen molar-refractivity contribution >= 4 is 113 Å². The number of rotatable bonds is 8. The maximum Gasteiger partial charge on any atom is 0.252 e. The molecular formula is C74H70BN5. The number of benzene rings is 10. The van der Waals surface area contributed by atoms with Crippen molar-refractivity contribution in [2.45, 2.75) is 87.0 Å². The van der Waals surface area contributed by atoms with E-state index >= 15 is 0 Å². The molecule has 0 unspecified atom stereocenters. The lowest BCUT2D eigenvalue weighted by atomic mass is 9.33. The highest BCUT2D eigenvalue weighted by molar-refractivity contribution is 7.00. The molecule has 80 heavy (non-hydrogen) atoms. The van der Waals surface area contributed by atoms with Gasteiger partial charge in [-0.3, -0.25) is 0 Å². The number of hydrogen-bond donors (Lipinski definition) is 0. The van der Waals surface area contributed by atoms with Crippen LogP contribution in [0.25, 0.3) is 21.8 Å². The van der Waals surface area contributed by atoms with Gasteiger partial charge in [-0.15, -0.1) is 0 Å². The van der Waals surface area contributed by atoms with Gasteiger partial charge in [0.1, 0.15) is 0 Å². The molecule has 0 radical (unpaired) electrons. The molecule has 0 spiro atoms. The highest BCUT2D eigenvalue weighted by Crippen LogP contribution is 2.53. The molecule has 0 atom stereocenters. The Kier molecular flexibility index (Phi) is 12.0. The third kappa shape index (κ3) is 8.47. The normalized spacial score (nSPS) is 12.9. The molecule has 0 N–H and O–H groups in total. The first-order valence-corrected chi connectivity index (χ1v) is 28.4. The number of fused-ring (bicyclic) bond motifs is 8. The second-order valence-corrected chi connectivity index (χ2v) is 24.8. The lowest BCUT2D eigenvalue weighted by Crippen LogP contribution is -2.61. The quantitative estimate of drug-likeness (QED) is 0.141. The predicted molar refractivity (Wildman–Crippen MR) is 345 cm³/mol. The van der Waals surface area contributed by atoms with Crippen molar-refractivity contribution in [2.24, 2.45) is 7.05 Å². The Bertz CT molecular complexity index is 4070. The van der Waals surface area contributed by atoms with Crippen molar-refractivity contribution in [3.8, 4) is 0 Å². The van der Waals surface area contributed by atoms with Crippen LogP contribution in [0.3, 0.4) is 0 Å². The Morgan fingerprint density at radius 2 is 0.825 bits per heavy atom. The van der Waals surface area contributed by atoms with E-state index in [9.17, 15) is 0 Å². The molecule has 0 saturated heterocycles. The summed E-state index contributed by atoms with van der Waals surface area (Å²) in [7, 11) is 2.29. The van der Waals surface area contributed by atoms with Crippen LogP contribution < -0.4 is 36.0 Å². The van der Waals surface area contributed by atoms with Crippen LogP contribution in [0, 0.1) is 34.6 Å². The summed E-state index contributed by atoms with van der Waals surface area (Å²) in [5.74, 6) is 0. The zero-order valence-corrected chi connectivity index (χ0v) is 48.4. The fraction of sp³-hybridized carbons (Fsp3) is 0.189. The van der Waals surface area contributed by atoms with Gasteiger partial charge in [0.25, 0.3) is 6.71 Å². The average Bonchev–Trinajstić information content (AvgIpc) is 3.86. The highest BCUT2D eigenvalue weighted by atomic mass is 15.2. The third-order valence-electron chi connectivity index (χ3n) is 17.0. The second kappa shape index (κ2) is 19.0. The van der Waals surface area contributed by atoms with Crippen molar-refractivity contribution < 1.29 is 0 Å². The van der Waals surface area contributed by atoms with E-state index in [1.165, 1.54) is 88.5 Å². The van der Waals surface area contributed by atoms with E-state index in [1.54, 1.807) is 0 Å². The van der Waals surface area contributed by atoms with Crippen molar-refractivity contribution in [3.63, 3.8) is 0 Å². The van der Waals surface area contributed by atoms with Gasteiger partial charge in [-0.2, -0.15) is 0 Å². The van der Waals surface area contributed by atoms with Crippen molar-refractivity contribution in [3.05, 3.63) is 245 Å². The van der Waals surface area contributed by atoms with Gasteiger partial charge in [0, 0.05) is 74.5 Å². The molecule has 0 saturated carbocycles. The molecule has 11 aromatic rings. The largest absolute Gasteiger partial charge is 0.342 e. The monoisotopic (exact) mass is 1040 g/mol. The molecule has 0 aliphatic carbocycles. The molecule has 0 fully saturated rings. The van der Waals surface area contributed by atoms with E-state index in [0.29, 0.717) is 0 Å². The molecule has 0 amide bonds. The van der Waals surface area contributed by atoms with Crippen LogP contribution in [0.4, 0.5) is 68.2 Å². The Morgan fingerprint density at radius 3 is 1.34 bits per heavy atom. The molecule has 394 valence electrons. The fourth-order valence-electron chi connectivity index (χ4n) is 12.6. The van der Waals surface area contributed by atoms with Gasteiger partial charge in [-0.05, 0) is 176 Å². The van der Waals surface area contributed by atoms with Crippen molar-refractivity contribution in [2.75, 3.05) is 19.6 Å². The Balaban J connectivity index is 1.20. The summed E-state index contributed by atoms with van der Waals surface area (Å²) in [4.78, 5) is 10.2. The summed E-state index contributed by atoms with van der Waals surface area (Å²) in [6.07, 6.45) is 0. The minimum atomic E-state index is -0.163. The summed E-state index contributed by atoms with van der Waals surface area (Å²) >= 11 is 0. The summed E-state index contributed by atoms with van der Waals surface area (Å²) in [6, 6.07) is 78.8. The van der Waals surface area contributed by atoms with Gasteiger partial charge in [-0.25, -0.2) is 0 Å². The fourth-order valence-corrected chi connectivity index (χ4v) is 12.6. The molecule has 5 nitrogen and oxygen atoms in total. The lowest BCUT2D eigenvalue weighted by molar-refractivity contribution is 0.590. The standard InChI is InChI=1S/C74H70BN5/c1-47-17-30-54(31-18-47)77(55-32-19-48(2)20-33-55)60-44-67-70-68(45-60)80(59-36-23-50(4)24-37-59)71-63(75(70)62-43-51(5)25-42-65(62)79(67)58-34-21-49(3)22-35-58)46-66(69-61-15-13-14-16-64(61)76(12)72(69)71)78(56-38-26-52(27-39-56)73(6,7)8)57-40-28-53(29-41-57)74(9,10)11/h13-46H,1-12H3. The smallest absolute Gasteiger partial charge is 0.252 e. The zero-order valence-electron chi connectivity index (χ0n) is 48.4. The second-order valence-electron chi connectivity index (χ2n) is 24.8. The van der Waals surface area contributed by atoms with Gasteiger partial charge >= 0.3 is 0 Å². The average molecular weight is 1040 g/mol. The van der Waals surface area contributed by atoms with Gasteiger partial charge in [0.15, 0.2) is 0 Å². The third-order valence-corrected chi connectivity index (χ3v) is 17.0. The number of hydrogen-bond acceptors (Lipinski definition) is 4. The van der Waals surface area contributed by atoms with Gasteiger partial charge in [-0.1, -0.05) is 172 Å². The van der Waals surface area contributed by atoms with Crippen LogP contribution in [0.2, 0.25) is 0 Å². The first-order valence-electron chi connectivity index (χ1n) is 28.4. The topological polar surface area (TPSA) is 17.9 Å². The van der Waals surface area contributed by atoms with Crippen LogP contribution in [-0.2, 0) is 17.9 Å². The van der Waals surface area contributed by atoms with E-state index in [4.69, 9.17) is 0 Å². The Labute approximate surface area is 474 Å². The maximum atomic E-state index is 2.62. The van der Waals surface area contributed by atoms with E-state index < -0.39 is 0 Å². The van der Waals surface area contributed by atoms with Crippen molar-refractivity contribution in [1.29, 1.82) is 0 Å². The highest BCUT2D eigenvalue weighted by Gasteiger charge is 2.46. The summed E-state index contributed by atoms with van der Waals surface area (Å²) < 4.78 is 2.48. The van der Waals surface area contributed by atoms with Crippen LogP contribution in [0.5, 0.6) is 0 Å². The van der Waals surface area contributed by atoms with E-state index in [2.05, 4.69) is 314 Å². The van der Waals surface area contributed by atoms with E-state index in [-0.39, 0.29) is 17.5 Å². The van der Waals surface area contributed by atoms with Crippen LogP contribution in [0.1, 0.15) is 80.5 Å². The Morgan fingerprint density at radius 1 is 0.388 bits per heavy atom. The van der Waals surface area contributed by atoms with Crippen molar-refractivity contribution in [1.82, 2.24) is 4.57 Å². The number of para-hydroxylation sites is 1. The molecule has 6 heteroatoms. The SMILES string of the molecule is Cc1ccc(N(c2ccc(C)cc2)c2cc3c4c(c2)N(c2ccc(C)cc2)c2c(cc(N(c5ccc(C(C)(C)C)cc5)c5ccc(C(C)(C)C)cc5)c5c6ccccc6n(C)c25)B4c2cc(C)ccc2N3c2ccc(C)cc2)cc1. The van der Waals surface area contributed by atoms with Crippen LogP contribution >= 0.6 is 0 Å². The molecule has 3 heterocycles. The number of anilines is 12. The molecule has 2 aliphatic heterocycles. The molecule has 0 bridgehead atoms. The lowest BCUT2D eigenvalue weighted by Gasteiger charge is -2.45. The minimum Gasteiger partial charge on any atom is -0.342 e. The van der Waals surface area contributed by atoms with Gasteiger partial charge in [0.2, 0.25) is 0 Å². The minimum absolute atomic E-state index is 0.00684. The van der Waals surface area contributed by atoms with E-state index in [1.807, 2.05) is 0 Å². The van der Waals surface area contributed by atoms with Crippen LogP contribution in [-0.4, -0.2) is 11.3 Å². The van der Waals surface area contributed by atoms with Gasteiger partial charge < -0.3 is 24.2 Å². The number of aryl methyl sites for hydroxylation is 6. The molecular weight excluding hydrogens is 970 g/mol.